The molecule has 1 aromatic heterocycles. The number of anilines is 1. The zero-order chi connectivity index (χ0) is 20.6. The number of benzene rings is 2. The largest absolute Gasteiger partial charge is 0.497 e. The second-order valence-electron chi connectivity index (χ2n) is 5.96. The van der Waals surface area contributed by atoms with E-state index in [0.29, 0.717) is 23.8 Å². The molecule has 0 aliphatic heterocycles. The van der Waals surface area contributed by atoms with Crippen molar-refractivity contribution < 1.29 is 23.4 Å². The summed E-state index contributed by atoms with van der Waals surface area (Å²) >= 11 is 0. The molecule has 8 heteroatoms. The standard InChI is InChI=1S/C21H21N3O5/c1-26-16-8-4-15(5-9-16)13-20-23-24-21(29-20)22-19(25)11-7-14-6-10-17(27-2)18(12-14)28-3/h4-12H,13H2,1-3H3,(H,22,24,25)/b11-7+. The van der Waals surface area contributed by atoms with Crippen molar-refractivity contribution in [3.8, 4) is 17.2 Å². The molecule has 0 fully saturated rings. The summed E-state index contributed by atoms with van der Waals surface area (Å²) < 4.78 is 21.0. The van der Waals surface area contributed by atoms with Crippen molar-refractivity contribution in [1.29, 1.82) is 0 Å². The molecule has 0 radical (unpaired) electrons. The summed E-state index contributed by atoms with van der Waals surface area (Å²) in [5, 5.41) is 10.3. The fourth-order valence-corrected chi connectivity index (χ4v) is 2.57. The lowest BCUT2D eigenvalue weighted by Gasteiger charge is -2.07. The number of aromatic nitrogens is 2. The monoisotopic (exact) mass is 395 g/mol. The van der Waals surface area contributed by atoms with E-state index in [0.717, 1.165) is 16.9 Å². The van der Waals surface area contributed by atoms with E-state index in [4.69, 9.17) is 18.6 Å². The van der Waals surface area contributed by atoms with Crippen LogP contribution in [0.25, 0.3) is 6.08 Å². The van der Waals surface area contributed by atoms with Crippen molar-refractivity contribution in [2.45, 2.75) is 6.42 Å². The number of carbonyl (C=O) groups excluding carboxylic acids is 1. The molecule has 1 amide bonds. The predicted octanol–water partition coefficient (Wildman–Crippen LogP) is 3.34. The third-order valence-electron chi connectivity index (χ3n) is 4.05. The maximum atomic E-state index is 12.1. The molecule has 1 heterocycles. The summed E-state index contributed by atoms with van der Waals surface area (Å²) in [5.74, 6) is 1.97. The van der Waals surface area contributed by atoms with Gasteiger partial charge in [0.15, 0.2) is 11.5 Å². The van der Waals surface area contributed by atoms with E-state index in [9.17, 15) is 4.79 Å². The van der Waals surface area contributed by atoms with Crippen molar-refractivity contribution in [1.82, 2.24) is 10.2 Å². The first-order valence-corrected chi connectivity index (χ1v) is 8.77. The molecule has 0 spiro atoms. The first-order chi connectivity index (χ1) is 14.1. The van der Waals surface area contributed by atoms with E-state index in [1.807, 2.05) is 30.3 Å². The smallest absolute Gasteiger partial charge is 0.322 e. The van der Waals surface area contributed by atoms with Gasteiger partial charge in [-0.15, -0.1) is 5.10 Å². The number of nitrogens with one attached hydrogen (secondary N) is 1. The van der Waals surface area contributed by atoms with Crippen LogP contribution in [0.5, 0.6) is 17.2 Å². The fraction of sp³-hybridized carbons (Fsp3) is 0.190. The molecular formula is C21H21N3O5. The quantitative estimate of drug-likeness (QED) is 0.585. The Balaban J connectivity index is 1.59. The molecule has 3 aromatic rings. The number of ether oxygens (including phenoxy) is 3. The maximum Gasteiger partial charge on any atom is 0.322 e. The summed E-state index contributed by atoms with van der Waals surface area (Å²) in [6.07, 6.45) is 3.47. The van der Waals surface area contributed by atoms with Gasteiger partial charge in [0.25, 0.3) is 5.91 Å². The second kappa shape index (κ2) is 9.41. The SMILES string of the molecule is COc1ccc(Cc2nnc(NC(=O)/C=C/c3ccc(OC)c(OC)c3)o2)cc1. The van der Waals surface area contributed by atoms with Crippen molar-refractivity contribution in [2.24, 2.45) is 0 Å². The average molecular weight is 395 g/mol. The van der Waals surface area contributed by atoms with Crippen molar-refractivity contribution >= 4 is 18.0 Å². The summed E-state index contributed by atoms with van der Waals surface area (Å²) in [5.41, 5.74) is 1.77. The van der Waals surface area contributed by atoms with Gasteiger partial charge in [-0.2, -0.15) is 0 Å². The Kier molecular flexibility index (Phi) is 6.47. The molecular weight excluding hydrogens is 374 g/mol. The van der Waals surface area contributed by atoms with Crippen molar-refractivity contribution in [3.63, 3.8) is 0 Å². The molecule has 0 saturated heterocycles. The van der Waals surface area contributed by atoms with Crippen LogP contribution in [0, 0.1) is 0 Å². The molecule has 3 rings (SSSR count). The van der Waals surface area contributed by atoms with Crippen LogP contribution in [-0.4, -0.2) is 37.4 Å². The van der Waals surface area contributed by atoms with Crippen LogP contribution in [0.2, 0.25) is 0 Å². The van der Waals surface area contributed by atoms with Gasteiger partial charge < -0.3 is 18.6 Å². The van der Waals surface area contributed by atoms with Crippen molar-refractivity contribution in [3.05, 3.63) is 65.6 Å². The van der Waals surface area contributed by atoms with Gasteiger partial charge in [-0.1, -0.05) is 23.3 Å². The highest BCUT2D eigenvalue weighted by Gasteiger charge is 2.09. The zero-order valence-corrected chi connectivity index (χ0v) is 16.3. The average Bonchev–Trinajstić information content (AvgIpc) is 3.19. The number of rotatable bonds is 8. The first-order valence-electron chi connectivity index (χ1n) is 8.77. The molecule has 0 bridgehead atoms. The normalized spacial score (nSPS) is 10.7. The van der Waals surface area contributed by atoms with Gasteiger partial charge in [0.05, 0.1) is 27.8 Å². The van der Waals surface area contributed by atoms with Crippen LogP contribution < -0.4 is 19.5 Å². The Morgan fingerprint density at radius 1 is 1.00 bits per heavy atom. The van der Waals surface area contributed by atoms with Crippen LogP contribution in [0.4, 0.5) is 6.01 Å². The highest BCUT2D eigenvalue weighted by Crippen LogP contribution is 2.28. The molecule has 150 valence electrons. The molecule has 0 aliphatic carbocycles. The van der Waals surface area contributed by atoms with Crippen LogP contribution in [0.1, 0.15) is 17.0 Å². The van der Waals surface area contributed by atoms with Crippen LogP contribution >= 0.6 is 0 Å². The molecule has 0 aliphatic rings. The second-order valence-corrected chi connectivity index (χ2v) is 5.96. The zero-order valence-electron chi connectivity index (χ0n) is 16.3. The number of methoxy groups -OCH3 is 3. The van der Waals surface area contributed by atoms with E-state index in [1.54, 1.807) is 39.5 Å². The fourth-order valence-electron chi connectivity index (χ4n) is 2.57. The number of hydrogen-bond donors (Lipinski definition) is 1. The Hall–Kier alpha value is -3.81. The lowest BCUT2D eigenvalue weighted by atomic mass is 10.1. The van der Waals surface area contributed by atoms with Gasteiger partial charge in [0.1, 0.15) is 5.75 Å². The Morgan fingerprint density at radius 3 is 2.45 bits per heavy atom. The minimum absolute atomic E-state index is 0.0375. The summed E-state index contributed by atoms with van der Waals surface area (Å²) in [6, 6.07) is 12.9. The summed E-state index contributed by atoms with van der Waals surface area (Å²) in [6.45, 7) is 0. The Labute approximate surface area is 168 Å². The van der Waals surface area contributed by atoms with Crippen LogP contribution in [-0.2, 0) is 11.2 Å². The molecule has 0 unspecified atom stereocenters. The van der Waals surface area contributed by atoms with E-state index in [-0.39, 0.29) is 11.9 Å². The molecule has 2 aromatic carbocycles. The molecule has 0 saturated carbocycles. The van der Waals surface area contributed by atoms with Crippen LogP contribution in [0.3, 0.4) is 0 Å². The first kappa shape index (κ1) is 19.9. The highest BCUT2D eigenvalue weighted by atomic mass is 16.5. The lowest BCUT2D eigenvalue weighted by Crippen LogP contribution is -2.07. The molecule has 29 heavy (non-hydrogen) atoms. The number of carbonyl (C=O) groups is 1. The van der Waals surface area contributed by atoms with Crippen LogP contribution in [0.15, 0.2) is 53.0 Å². The van der Waals surface area contributed by atoms with Crippen molar-refractivity contribution in [2.75, 3.05) is 26.6 Å². The lowest BCUT2D eigenvalue weighted by molar-refractivity contribution is -0.112. The highest BCUT2D eigenvalue weighted by molar-refractivity contribution is 6.00. The topological polar surface area (TPSA) is 95.7 Å². The summed E-state index contributed by atoms with van der Waals surface area (Å²) in [7, 11) is 4.73. The van der Waals surface area contributed by atoms with Gasteiger partial charge in [0, 0.05) is 6.08 Å². The third kappa shape index (κ3) is 5.35. The van der Waals surface area contributed by atoms with E-state index in [2.05, 4.69) is 15.5 Å². The van der Waals surface area contributed by atoms with Gasteiger partial charge >= 0.3 is 6.01 Å². The van der Waals surface area contributed by atoms with E-state index >= 15 is 0 Å². The van der Waals surface area contributed by atoms with Gasteiger partial charge in [-0.3, -0.25) is 10.1 Å². The van der Waals surface area contributed by atoms with E-state index < -0.39 is 0 Å². The van der Waals surface area contributed by atoms with Gasteiger partial charge in [-0.25, -0.2) is 0 Å². The third-order valence-corrected chi connectivity index (χ3v) is 4.05. The number of amides is 1. The molecule has 1 N–H and O–H groups in total. The number of nitrogens with zero attached hydrogens (tertiary/aromatic N) is 2. The Morgan fingerprint density at radius 2 is 1.76 bits per heavy atom. The van der Waals surface area contributed by atoms with E-state index in [1.165, 1.54) is 6.08 Å². The van der Waals surface area contributed by atoms with Gasteiger partial charge in [-0.05, 0) is 41.5 Å². The number of hydrogen-bond acceptors (Lipinski definition) is 7. The molecule has 0 atom stereocenters. The van der Waals surface area contributed by atoms with Gasteiger partial charge in [0.2, 0.25) is 5.89 Å². The minimum atomic E-state index is -0.389. The summed E-state index contributed by atoms with van der Waals surface area (Å²) in [4.78, 5) is 12.1. The molecule has 8 nitrogen and oxygen atoms in total. The minimum Gasteiger partial charge on any atom is -0.497 e. The Bertz CT molecular complexity index is 996. The maximum absolute atomic E-state index is 12.1. The predicted molar refractivity (Wildman–Crippen MR) is 107 cm³/mol.